The van der Waals surface area contributed by atoms with Crippen LogP contribution in [0.4, 0.5) is 11.4 Å². The summed E-state index contributed by atoms with van der Waals surface area (Å²) in [5.41, 5.74) is 1.20. The minimum absolute atomic E-state index is 0.122. The Labute approximate surface area is 400 Å². The second-order valence-electron chi connectivity index (χ2n) is 20.4. The van der Waals surface area contributed by atoms with E-state index < -0.39 is 23.1 Å². The number of benzene rings is 3. The number of aliphatic hydroxyl groups is 1. The van der Waals surface area contributed by atoms with E-state index in [1.165, 1.54) is 0 Å². The maximum Gasteiger partial charge on any atom is 0.278 e. The summed E-state index contributed by atoms with van der Waals surface area (Å²) in [6, 6.07) is 19.2. The fraction of sp³-hybridized carbons (Fsp3) is 0.520. The lowest BCUT2D eigenvalue weighted by atomic mass is 9.49. The van der Waals surface area contributed by atoms with Gasteiger partial charge < -0.3 is 29.9 Å². The summed E-state index contributed by atoms with van der Waals surface area (Å²) in [5.74, 6) is -0.481. The molecule has 4 amide bonds. The minimum atomic E-state index is -0.897. The van der Waals surface area contributed by atoms with Crippen molar-refractivity contribution in [3.63, 3.8) is 0 Å². The molecular weight excluding hydrogens is 888 g/mol. The Kier molecular flexibility index (Phi) is 12.7. The van der Waals surface area contributed by atoms with E-state index in [4.69, 9.17) is 16.3 Å². The number of halogens is 1. The molecule has 3 N–H and O–H groups in total. The number of hydrogen-bond acceptors (Lipinski definition) is 13. The summed E-state index contributed by atoms with van der Waals surface area (Å²) in [6.07, 6.45) is 2.48. The lowest BCUT2D eigenvalue weighted by Gasteiger charge is -2.63. The average molecular weight is 948 g/mol. The van der Waals surface area contributed by atoms with Crippen LogP contribution in [0.1, 0.15) is 88.2 Å². The smallest absolute Gasteiger partial charge is 0.278 e. The molecule has 0 spiro atoms. The normalized spacial score (nSPS) is 23.9. The van der Waals surface area contributed by atoms with E-state index in [0.717, 1.165) is 42.2 Å². The Hall–Kier alpha value is -6.09. The zero-order valence-electron chi connectivity index (χ0n) is 39.0. The van der Waals surface area contributed by atoms with E-state index in [9.17, 15) is 34.3 Å². The molecule has 1 aliphatic carbocycles. The molecule has 5 heterocycles. The third kappa shape index (κ3) is 9.13. The molecule has 358 valence electrons. The molecule has 9 rings (SSSR count). The summed E-state index contributed by atoms with van der Waals surface area (Å²) in [4.78, 5) is 73.5. The highest BCUT2D eigenvalue weighted by molar-refractivity contribution is 6.31. The Bertz CT molecular complexity index is 2700. The fourth-order valence-electron chi connectivity index (χ4n) is 11.5. The van der Waals surface area contributed by atoms with E-state index in [2.05, 4.69) is 69.4 Å². The molecule has 1 aromatic heterocycles. The number of fused-ring (bicyclic) bond motifs is 1. The largest absolute Gasteiger partial charge is 0.489 e. The molecule has 1 atom stereocenters. The van der Waals surface area contributed by atoms with Crippen molar-refractivity contribution in [2.24, 2.45) is 16.7 Å². The number of aromatic nitrogens is 3. The average Bonchev–Trinajstić information content (AvgIpc) is 3.33. The number of nitrogens with zero attached hydrogens (tertiary/aromatic N) is 8. The van der Waals surface area contributed by atoms with Crippen LogP contribution in [0.3, 0.4) is 0 Å². The van der Waals surface area contributed by atoms with Gasteiger partial charge in [0.25, 0.3) is 17.4 Å². The summed E-state index contributed by atoms with van der Waals surface area (Å²) in [6.45, 7) is 14.3. The van der Waals surface area contributed by atoms with Crippen LogP contribution in [-0.2, 0) is 14.4 Å². The van der Waals surface area contributed by atoms with Crippen LogP contribution in [0.15, 0.2) is 65.5 Å². The van der Waals surface area contributed by atoms with Crippen LogP contribution in [0.25, 0.3) is 10.9 Å². The van der Waals surface area contributed by atoms with Crippen LogP contribution in [-0.4, -0.2) is 130 Å². The van der Waals surface area contributed by atoms with Crippen LogP contribution < -0.4 is 30.7 Å². The molecule has 17 nitrogen and oxygen atoms in total. The van der Waals surface area contributed by atoms with Crippen molar-refractivity contribution in [1.29, 1.82) is 5.26 Å². The summed E-state index contributed by atoms with van der Waals surface area (Å²) < 4.78 is 7.45. The van der Waals surface area contributed by atoms with E-state index in [1.807, 2.05) is 35.2 Å². The zero-order valence-corrected chi connectivity index (χ0v) is 39.8. The number of piperazine rings is 1. The first kappa shape index (κ1) is 47.0. The van der Waals surface area contributed by atoms with Crippen LogP contribution in [0.5, 0.6) is 5.75 Å². The summed E-state index contributed by atoms with van der Waals surface area (Å²) in [5, 5.41) is 35.3. The van der Waals surface area contributed by atoms with Gasteiger partial charge in [-0.3, -0.25) is 34.2 Å². The molecular formula is C50H59ClN10O7. The number of nitriles is 1. The van der Waals surface area contributed by atoms with Crippen molar-refractivity contribution in [3.05, 3.63) is 87.2 Å². The fourth-order valence-corrected chi connectivity index (χ4v) is 11.7. The summed E-state index contributed by atoms with van der Waals surface area (Å²) in [7, 11) is 0. The van der Waals surface area contributed by atoms with Gasteiger partial charge in [-0.2, -0.15) is 9.94 Å². The van der Waals surface area contributed by atoms with Gasteiger partial charge in [0.15, 0.2) is 0 Å². The van der Waals surface area contributed by atoms with Gasteiger partial charge in [0.05, 0.1) is 21.6 Å². The van der Waals surface area contributed by atoms with Crippen molar-refractivity contribution in [2.45, 2.75) is 90.0 Å². The standard InChI is InChI=1S/C50H59ClN10O7/c1-48(2)46(49(3,4)47(48)68-36-11-7-33(29-52)38(51)28-36)54-42(63)31-5-8-34(9-6-31)59-25-23-57(24-26-59)30-50(67)17-21-60(22-18-50)44(65)32-15-19-58(20-16-32)35-10-12-39-37(27-35)45(66)61(56-55-39)40-13-14-41(62)53-43(40)64/h5-12,27-28,32,40,46-47,67H,13-26,30H2,1-4H3,(H,54,63)(H,53,62,64)/t40?,46-,47-. The van der Waals surface area contributed by atoms with Crippen molar-refractivity contribution in [1.82, 2.24) is 35.4 Å². The number of carbonyl (C=O) groups is 4. The van der Waals surface area contributed by atoms with E-state index >= 15 is 0 Å². The van der Waals surface area contributed by atoms with Gasteiger partial charge in [-0.1, -0.05) is 44.5 Å². The second kappa shape index (κ2) is 18.4. The van der Waals surface area contributed by atoms with Crippen LogP contribution in [0.2, 0.25) is 5.02 Å². The molecule has 18 heteroatoms. The molecule has 1 saturated carbocycles. The molecule has 4 aliphatic heterocycles. The van der Waals surface area contributed by atoms with Crippen molar-refractivity contribution >= 4 is 57.5 Å². The predicted octanol–water partition coefficient (Wildman–Crippen LogP) is 4.30. The molecule has 5 fully saturated rings. The highest BCUT2D eigenvalue weighted by atomic mass is 35.5. The molecule has 1 unspecified atom stereocenters. The Morgan fingerprint density at radius 3 is 2.18 bits per heavy atom. The van der Waals surface area contributed by atoms with E-state index in [1.54, 1.807) is 30.3 Å². The van der Waals surface area contributed by atoms with Crippen molar-refractivity contribution < 1.29 is 29.0 Å². The number of hydrogen-bond donors (Lipinski definition) is 3. The zero-order chi connectivity index (χ0) is 48.1. The van der Waals surface area contributed by atoms with Crippen molar-refractivity contribution in [2.75, 3.05) is 68.7 Å². The molecule has 68 heavy (non-hydrogen) atoms. The van der Waals surface area contributed by atoms with Gasteiger partial charge in [-0.25, -0.2) is 0 Å². The third-order valence-corrected chi connectivity index (χ3v) is 15.5. The quantitative estimate of drug-likeness (QED) is 0.190. The highest BCUT2D eigenvalue weighted by Crippen LogP contribution is 2.55. The number of nitrogens with one attached hydrogen (secondary N) is 2. The Morgan fingerprint density at radius 1 is 0.868 bits per heavy atom. The monoisotopic (exact) mass is 946 g/mol. The van der Waals surface area contributed by atoms with Gasteiger partial charge >= 0.3 is 0 Å². The van der Waals surface area contributed by atoms with Gasteiger partial charge in [0.1, 0.15) is 29.5 Å². The maximum absolute atomic E-state index is 13.7. The first-order valence-electron chi connectivity index (χ1n) is 23.7. The predicted molar refractivity (Wildman–Crippen MR) is 255 cm³/mol. The van der Waals surface area contributed by atoms with Crippen molar-refractivity contribution in [3.8, 4) is 11.8 Å². The Morgan fingerprint density at radius 2 is 1.53 bits per heavy atom. The first-order valence-corrected chi connectivity index (χ1v) is 24.1. The van der Waals surface area contributed by atoms with Gasteiger partial charge in [-0.15, -0.1) is 5.10 Å². The number of rotatable bonds is 10. The SMILES string of the molecule is CC1(C)[C@H](NC(=O)c2ccc(N3CCN(CC4(O)CCN(C(=O)C5CCN(c6ccc7nnn(C8CCC(=O)NC8=O)c(=O)c7c6)CC5)CC4)CC3)cc2)C(C)(C)[C@H]1Oc1ccc(C#N)c(Cl)c1. The van der Waals surface area contributed by atoms with E-state index in [-0.39, 0.29) is 59.5 Å². The molecule has 4 aromatic rings. The number of ether oxygens (including phenoxy) is 1. The first-order chi connectivity index (χ1) is 32.4. The summed E-state index contributed by atoms with van der Waals surface area (Å²) >= 11 is 6.26. The number of β-amino-alcohol motifs (C(OH)–C–C–N with tert-alkyl or cyclic N) is 1. The third-order valence-electron chi connectivity index (χ3n) is 15.2. The van der Waals surface area contributed by atoms with Gasteiger partial charge in [0, 0.05) is 111 Å². The number of piperidine rings is 3. The minimum Gasteiger partial charge on any atom is -0.489 e. The lowest BCUT2D eigenvalue weighted by Crippen LogP contribution is -2.74. The van der Waals surface area contributed by atoms with Gasteiger partial charge in [-0.05, 0) is 86.7 Å². The second-order valence-corrected chi connectivity index (χ2v) is 20.8. The highest BCUT2D eigenvalue weighted by Gasteiger charge is 2.64. The number of likely N-dealkylation sites (tertiary alicyclic amines) is 1. The number of amides is 4. The van der Waals surface area contributed by atoms with Crippen LogP contribution in [0, 0.1) is 28.1 Å². The topological polar surface area (TPSA) is 206 Å². The molecule has 0 bridgehead atoms. The molecule has 4 saturated heterocycles. The Balaban J connectivity index is 0.711. The molecule has 5 aliphatic rings. The van der Waals surface area contributed by atoms with Crippen LogP contribution >= 0.6 is 11.6 Å². The number of anilines is 2. The van der Waals surface area contributed by atoms with E-state index in [0.29, 0.717) is 91.2 Å². The maximum atomic E-state index is 13.7. The molecule has 0 radical (unpaired) electrons. The lowest BCUT2D eigenvalue weighted by molar-refractivity contribution is -0.164. The number of carbonyl (C=O) groups excluding carboxylic acids is 4. The molecule has 3 aromatic carbocycles. The van der Waals surface area contributed by atoms with Gasteiger partial charge in [0.2, 0.25) is 11.8 Å². The number of imide groups is 1.